The Kier molecular flexibility index (Phi) is 6.84. The molecule has 3 aromatic rings. The standard InChI is InChI=1S/C24H32N6O/c1-30-14-11-19(12-15-30)31-22(23-28-20-9-2-3-10-21(20)29-23)18-8-4-6-17(16-18)7-5-13-27-24(25)26/h2-4,6,8-10,16,19,22H,5,7,11-15H2,1H3,(H,28,29)(H4,25,26,27). The first-order valence-corrected chi connectivity index (χ1v) is 11.0. The van der Waals surface area contributed by atoms with Crippen molar-refractivity contribution in [3.05, 3.63) is 65.5 Å². The third kappa shape index (κ3) is 5.62. The lowest BCUT2D eigenvalue weighted by Gasteiger charge is -2.31. The van der Waals surface area contributed by atoms with Crippen LogP contribution in [0.15, 0.2) is 48.5 Å². The van der Waals surface area contributed by atoms with E-state index in [-0.39, 0.29) is 18.2 Å². The average Bonchev–Trinajstić information content (AvgIpc) is 3.20. The predicted octanol–water partition coefficient (Wildman–Crippen LogP) is 3.18. The summed E-state index contributed by atoms with van der Waals surface area (Å²) in [6.45, 7) is 2.81. The molecule has 0 amide bonds. The summed E-state index contributed by atoms with van der Waals surface area (Å²) in [6.07, 6.45) is 3.88. The molecule has 0 bridgehead atoms. The number of H-pyrrole nitrogens is 1. The number of nitrogens with one attached hydrogen (secondary N) is 3. The SMILES string of the molecule is CN1CCC(OC(c2cccc(CCCNC(=N)N)c2)c2nc3ccccc3[nH]2)CC1. The topological polar surface area (TPSA) is 103 Å². The fourth-order valence-corrected chi connectivity index (χ4v) is 4.14. The lowest BCUT2D eigenvalue weighted by atomic mass is 10.0. The second-order valence-corrected chi connectivity index (χ2v) is 8.35. The Labute approximate surface area is 183 Å². The molecular weight excluding hydrogens is 388 g/mol. The Bertz CT molecular complexity index is 975. The van der Waals surface area contributed by atoms with E-state index in [0.717, 1.165) is 61.2 Å². The van der Waals surface area contributed by atoms with Gasteiger partial charge in [-0.3, -0.25) is 5.41 Å². The van der Waals surface area contributed by atoms with Gasteiger partial charge in [-0.15, -0.1) is 0 Å². The van der Waals surface area contributed by atoms with Crippen LogP contribution in [0.2, 0.25) is 0 Å². The fourth-order valence-electron chi connectivity index (χ4n) is 4.14. The van der Waals surface area contributed by atoms with Gasteiger partial charge in [-0.05, 0) is 56.0 Å². The van der Waals surface area contributed by atoms with Crippen LogP contribution in [-0.4, -0.2) is 53.6 Å². The van der Waals surface area contributed by atoms with Gasteiger partial charge in [-0.1, -0.05) is 36.4 Å². The number of guanidine groups is 1. The third-order valence-electron chi connectivity index (χ3n) is 5.86. The number of aromatic amines is 1. The first-order valence-electron chi connectivity index (χ1n) is 11.0. The molecule has 0 aliphatic carbocycles. The van der Waals surface area contributed by atoms with E-state index < -0.39 is 0 Å². The number of para-hydroxylation sites is 2. The number of benzene rings is 2. The summed E-state index contributed by atoms with van der Waals surface area (Å²) < 4.78 is 6.68. The van der Waals surface area contributed by atoms with Crippen molar-refractivity contribution >= 4 is 17.0 Å². The minimum atomic E-state index is -0.226. The maximum atomic E-state index is 7.28. The van der Waals surface area contributed by atoms with Gasteiger partial charge >= 0.3 is 0 Å². The number of aromatic nitrogens is 2. The lowest BCUT2D eigenvalue weighted by Crippen LogP contribution is -2.35. The Morgan fingerprint density at radius 1 is 1.26 bits per heavy atom. The summed E-state index contributed by atoms with van der Waals surface area (Å²) in [4.78, 5) is 10.7. The normalized spacial score (nSPS) is 16.4. The Hall–Kier alpha value is -2.90. The van der Waals surface area contributed by atoms with Gasteiger partial charge in [0.1, 0.15) is 11.9 Å². The molecule has 0 saturated carbocycles. The first kappa shape index (κ1) is 21.3. The van der Waals surface area contributed by atoms with Crippen molar-refractivity contribution in [1.82, 2.24) is 20.2 Å². The molecule has 7 nitrogen and oxygen atoms in total. The molecule has 0 radical (unpaired) electrons. The van der Waals surface area contributed by atoms with Gasteiger partial charge in [0.15, 0.2) is 5.96 Å². The van der Waals surface area contributed by atoms with E-state index in [2.05, 4.69) is 52.6 Å². The molecular formula is C24H32N6O. The predicted molar refractivity (Wildman–Crippen MR) is 124 cm³/mol. The zero-order valence-electron chi connectivity index (χ0n) is 18.1. The van der Waals surface area contributed by atoms with Gasteiger partial charge in [-0.2, -0.15) is 0 Å². The number of fused-ring (bicyclic) bond motifs is 1. The van der Waals surface area contributed by atoms with Crippen LogP contribution in [0.25, 0.3) is 11.0 Å². The second kappa shape index (κ2) is 9.94. The van der Waals surface area contributed by atoms with Crippen molar-refractivity contribution in [3.63, 3.8) is 0 Å². The van der Waals surface area contributed by atoms with Crippen LogP contribution in [0.5, 0.6) is 0 Å². The molecule has 1 atom stereocenters. The van der Waals surface area contributed by atoms with E-state index in [1.807, 2.05) is 18.2 Å². The van der Waals surface area contributed by atoms with Gasteiger partial charge in [0, 0.05) is 19.6 Å². The number of likely N-dealkylation sites (tertiary alicyclic amines) is 1. The number of ether oxygens (including phenoxy) is 1. The summed E-state index contributed by atoms with van der Waals surface area (Å²) >= 11 is 0. The third-order valence-corrected chi connectivity index (χ3v) is 5.86. The van der Waals surface area contributed by atoms with Gasteiger partial charge in [0.25, 0.3) is 0 Å². The number of rotatable bonds is 8. The molecule has 1 aliphatic rings. The first-order chi connectivity index (χ1) is 15.1. The quantitative estimate of drug-likeness (QED) is 0.255. The number of hydrogen-bond acceptors (Lipinski definition) is 4. The summed E-state index contributed by atoms with van der Waals surface area (Å²) in [7, 11) is 2.16. The molecule has 7 heteroatoms. The Morgan fingerprint density at radius 3 is 2.84 bits per heavy atom. The van der Waals surface area contributed by atoms with Gasteiger partial charge < -0.3 is 25.7 Å². The molecule has 0 spiro atoms. The molecule has 164 valence electrons. The number of nitrogens with two attached hydrogens (primary N) is 1. The Morgan fingerprint density at radius 2 is 2.06 bits per heavy atom. The zero-order chi connectivity index (χ0) is 21.6. The van der Waals surface area contributed by atoms with Crippen LogP contribution in [0.1, 0.15) is 42.3 Å². The summed E-state index contributed by atoms with van der Waals surface area (Å²) in [6, 6.07) is 16.7. The van der Waals surface area contributed by atoms with Crippen molar-refractivity contribution in [2.45, 2.75) is 37.9 Å². The maximum absolute atomic E-state index is 7.28. The molecule has 2 heterocycles. The van der Waals surface area contributed by atoms with Crippen LogP contribution in [-0.2, 0) is 11.2 Å². The zero-order valence-corrected chi connectivity index (χ0v) is 18.1. The van der Waals surface area contributed by atoms with E-state index in [4.69, 9.17) is 20.9 Å². The van der Waals surface area contributed by atoms with Crippen LogP contribution >= 0.6 is 0 Å². The number of hydrogen-bond donors (Lipinski definition) is 4. The van der Waals surface area contributed by atoms with Crippen LogP contribution in [0.3, 0.4) is 0 Å². The summed E-state index contributed by atoms with van der Waals surface area (Å²) in [5, 5.41) is 10.1. The fraction of sp³-hybridized carbons (Fsp3) is 0.417. The molecule has 2 aromatic carbocycles. The van der Waals surface area contributed by atoms with E-state index in [0.29, 0.717) is 6.54 Å². The highest BCUT2D eigenvalue weighted by Gasteiger charge is 2.26. The molecule has 1 fully saturated rings. The largest absolute Gasteiger partial charge is 0.370 e. The van der Waals surface area contributed by atoms with Crippen LogP contribution in [0, 0.1) is 5.41 Å². The van der Waals surface area contributed by atoms with Crippen LogP contribution < -0.4 is 11.1 Å². The molecule has 5 N–H and O–H groups in total. The van der Waals surface area contributed by atoms with Crippen molar-refractivity contribution in [2.75, 3.05) is 26.7 Å². The minimum Gasteiger partial charge on any atom is -0.370 e. The highest BCUT2D eigenvalue weighted by Crippen LogP contribution is 2.30. The number of piperidine rings is 1. The highest BCUT2D eigenvalue weighted by molar-refractivity contribution is 5.75. The van der Waals surface area contributed by atoms with Crippen molar-refractivity contribution in [3.8, 4) is 0 Å². The number of imidazole rings is 1. The molecule has 1 saturated heterocycles. The summed E-state index contributed by atoms with van der Waals surface area (Å²) in [5.74, 6) is 0.876. The number of aryl methyl sites for hydroxylation is 1. The molecule has 1 unspecified atom stereocenters. The van der Waals surface area contributed by atoms with Crippen molar-refractivity contribution in [2.24, 2.45) is 5.73 Å². The molecule has 4 rings (SSSR count). The molecule has 31 heavy (non-hydrogen) atoms. The summed E-state index contributed by atoms with van der Waals surface area (Å²) in [5.41, 5.74) is 9.73. The van der Waals surface area contributed by atoms with Gasteiger partial charge in [-0.25, -0.2) is 4.98 Å². The lowest BCUT2D eigenvalue weighted by molar-refractivity contribution is -0.0264. The smallest absolute Gasteiger partial charge is 0.185 e. The van der Waals surface area contributed by atoms with Gasteiger partial charge in [0.2, 0.25) is 0 Å². The molecule has 1 aliphatic heterocycles. The Balaban J connectivity index is 1.56. The number of nitrogens with zero attached hydrogens (tertiary/aromatic N) is 2. The van der Waals surface area contributed by atoms with Crippen molar-refractivity contribution < 1.29 is 4.74 Å². The van der Waals surface area contributed by atoms with E-state index in [9.17, 15) is 0 Å². The highest BCUT2D eigenvalue weighted by atomic mass is 16.5. The monoisotopic (exact) mass is 420 g/mol. The van der Waals surface area contributed by atoms with Crippen LogP contribution in [0.4, 0.5) is 0 Å². The minimum absolute atomic E-state index is 0.0187. The van der Waals surface area contributed by atoms with Crippen molar-refractivity contribution in [1.29, 1.82) is 5.41 Å². The second-order valence-electron chi connectivity index (χ2n) is 8.35. The van der Waals surface area contributed by atoms with E-state index >= 15 is 0 Å². The molecule has 1 aromatic heterocycles. The van der Waals surface area contributed by atoms with Gasteiger partial charge in [0.05, 0.1) is 17.1 Å². The maximum Gasteiger partial charge on any atom is 0.185 e. The van der Waals surface area contributed by atoms with E-state index in [1.54, 1.807) is 0 Å². The average molecular weight is 421 g/mol. The van der Waals surface area contributed by atoms with E-state index in [1.165, 1.54) is 5.56 Å².